The molecule has 0 spiro atoms. The van der Waals surface area contributed by atoms with Gasteiger partial charge < -0.3 is 14.3 Å². The fraction of sp³-hybridized carbons (Fsp3) is 0.545. The Balaban J connectivity index is 1.88. The van der Waals surface area contributed by atoms with Crippen molar-refractivity contribution in [2.75, 3.05) is 39.4 Å². The highest BCUT2D eigenvalue weighted by Gasteiger charge is 2.21. The number of nitrogens with zero attached hydrogens (tertiary/aromatic N) is 1. The van der Waals surface area contributed by atoms with Crippen LogP contribution in [-0.2, 0) is 14.8 Å². The molecule has 9 heteroatoms. The topological polar surface area (TPSA) is 109 Å². The number of carboxylic acid groups (broad SMARTS) is 1. The molecule has 0 atom stereocenters. The molecule has 1 aliphatic rings. The second-order valence-electron chi connectivity index (χ2n) is 4.28. The van der Waals surface area contributed by atoms with Gasteiger partial charge in [-0.2, -0.15) is 0 Å². The second kappa shape index (κ2) is 6.35. The molecule has 20 heavy (non-hydrogen) atoms. The van der Waals surface area contributed by atoms with Crippen molar-refractivity contribution >= 4 is 16.0 Å². The summed E-state index contributed by atoms with van der Waals surface area (Å²) in [5.41, 5.74) is 0. The van der Waals surface area contributed by atoms with E-state index in [2.05, 4.69) is 9.62 Å². The third-order valence-electron chi connectivity index (χ3n) is 2.88. The Morgan fingerprint density at radius 2 is 2.05 bits per heavy atom. The van der Waals surface area contributed by atoms with Crippen molar-refractivity contribution in [1.29, 1.82) is 0 Å². The molecule has 2 rings (SSSR count). The van der Waals surface area contributed by atoms with Crippen LogP contribution in [0.4, 0.5) is 0 Å². The SMILES string of the molecule is O=C(O)c1ccc(S(=O)(=O)NCCN2CCOCC2)o1. The maximum Gasteiger partial charge on any atom is 0.371 e. The molecule has 1 saturated heterocycles. The lowest BCUT2D eigenvalue weighted by molar-refractivity contribution is 0.0390. The van der Waals surface area contributed by atoms with Gasteiger partial charge in [-0.05, 0) is 12.1 Å². The number of carbonyl (C=O) groups is 1. The molecule has 112 valence electrons. The first-order valence-electron chi connectivity index (χ1n) is 6.12. The largest absolute Gasteiger partial charge is 0.475 e. The fourth-order valence-corrected chi connectivity index (χ4v) is 2.76. The summed E-state index contributed by atoms with van der Waals surface area (Å²) in [5, 5.41) is 8.29. The summed E-state index contributed by atoms with van der Waals surface area (Å²) in [7, 11) is -3.81. The van der Waals surface area contributed by atoms with Gasteiger partial charge in [0.1, 0.15) is 0 Å². The first-order chi connectivity index (χ1) is 9.49. The molecule has 0 aliphatic carbocycles. The summed E-state index contributed by atoms with van der Waals surface area (Å²) in [5.74, 6) is -1.71. The quantitative estimate of drug-likeness (QED) is 0.735. The zero-order chi connectivity index (χ0) is 14.6. The van der Waals surface area contributed by atoms with E-state index in [4.69, 9.17) is 14.3 Å². The Bertz CT molecular complexity index is 561. The Kier molecular flexibility index (Phi) is 4.76. The van der Waals surface area contributed by atoms with Crippen LogP contribution in [-0.4, -0.2) is 63.8 Å². The normalized spacial score (nSPS) is 17.2. The van der Waals surface area contributed by atoms with E-state index in [0.29, 0.717) is 19.8 Å². The molecular formula is C11H16N2O6S. The zero-order valence-corrected chi connectivity index (χ0v) is 11.6. The maximum absolute atomic E-state index is 11.9. The van der Waals surface area contributed by atoms with Crippen molar-refractivity contribution in [3.8, 4) is 0 Å². The molecule has 1 aromatic rings. The van der Waals surface area contributed by atoms with E-state index >= 15 is 0 Å². The number of nitrogens with one attached hydrogen (secondary N) is 1. The minimum absolute atomic E-state index is 0.228. The first-order valence-corrected chi connectivity index (χ1v) is 7.60. The number of rotatable bonds is 6. The van der Waals surface area contributed by atoms with Gasteiger partial charge in [-0.25, -0.2) is 17.9 Å². The van der Waals surface area contributed by atoms with Crippen molar-refractivity contribution in [2.45, 2.75) is 5.09 Å². The maximum atomic E-state index is 11.9. The molecule has 0 unspecified atom stereocenters. The monoisotopic (exact) mass is 304 g/mol. The van der Waals surface area contributed by atoms with Crippen LogP contribution in [0.3, 0.4) is 0 Å². The number of sulfonamides is 1. The molecule has 0 saturated carbocycles. The van der Waals surface area contributed by atoms with Crippen molar-refractivity contribution < 1.29 is 27.5 Å². The Morgan fingerprint density at radius 3 is 2.65 bits per heavy atom. The number of morpholine rings is 1. The second-order valence-corrected chi connectivity index (χ2v) is 5.97. The lowest BCUT2D eigenvalue weighted by Gasteiger charge is -2.26. The molecule has 1 fully saturated rings. The van der Waals surface area contributed by atoms with Crippen molar-refractivity contribution in [3.05, 3.63) is 17.9 Å². The minimum Gasteiger partial charge on any atom is -0.475 e. The third-order valence-corrected chi connectivity index (χ3v) is 4.21. The fourth-order valence-electron chi connectivity index (χ4n) is 1.81. The summed E-state index contributed by atoms with van der Waals surface area (Å²) in [4.78, 5) is 12.7. The molecule has 0 amide bonds. The van der Waals surface area contributed by atoms with E-state index in [9.17, 15) is 13.2 Å². The number of carboxylic acids is 1. The van der Waals surface area contributed by atoms with Gasteiger partial charge in [0, 0.05) is 26.2 Å². The number of ether oxygens (including phenoxy) is 1. The highest BCUT2D eigenvalue weighted by molar-refractivity contribution is 7.89. The van der Waals surface area contributed by atoms with Gasteiger partial charge >= 0.3 is 5.97 Å². The van der Waals surface area contributed by atoms with Gasteiger partial charge in [0.25, 0.3) is 10.0 Å². The van der Waals surface area contributed by atoms with Crippen LogP contribution in [0.5, 0.6) is 0 Å². The van der Waals surface area contributed by atoms with Crippen LogP contribution in [0.2, 0.25) is 0 Å². The number of aromatic carboxylic acids is 1. The molecule has 1 aliphatic heterocycles. The summed E-state index contributed by atoms with van der Waals surface area (Å²) in [6, 6.07) is 2.24. The third kappa shape index (κ3) is 3.79. The number of hydrogen-bond donors (Lipinski definition) is 2. The van der Waals surface area contributed by atoms with Gasteiger partial charge in [0.2, 0.25) is 10.9 Å². The first kappa shape index (κ1) is 15.0. The van der Waals surface area contributed by atoms with Gasteiger partial charge in [-0.3, -0.25) is 4.90 Å². The van der Waals surface area contributed by atoms with E-state index in [1.807, 2.05) is 0 Å². The zero-order valence-electron chi connectivity index (χ0n) is 10.7. The predicted octanol–water partition coefficient (Wildman–Crippen LogP) is -0.412. The number of furan rings is 1. The molecule has 0 bridgehead atoms. The average Bonchev–Trinajstić information content (AvgIpc) is 2.90. The van der Waals surface area contributed by atoms with Gasteiger partial charge in [0.15, 0.2) is 0 Å². The average molecular weight is 304 g/mol. The van der Waals surface area contributed by atoms with Crippen molar-refractivity contribution in [2.24, 2.45) is 0 Å². The van der Waals surface area contributed by atoms with Crippen LogP contribution in [0.25, 0.3) is 0 Å². The van der Waals surface area contributed by atoms with Crippen LogP contribution in [0.15, 0.2) is 21.6 Å². The lowest BCUT2D eigenvalue weighted by atomic mass is 10.4. The smallest absolute Gasteiger partial charge is 0.371 e. The predicted molar refractivity (Wildman–Crippen MR) is 68.1 cm³/mol. The van der Waals surface area contributed by atoms with Crippen LogP contribution < -0.4 is 4.72 Å². The van der Waals surface area contributed by atoms with E-state index in [1.165, 1.54) is 0 Å². The standard InChI is InChI=1S/C11H16N2O6S/c14-11(15)9-1-2-10(19-9)20(16,17)12-3-4-13-5-7-18-8-6-13/h1-2,12H,3-8H2,(H,14,15). The molecular weight excluding hydrogens is 288 g/mol. The van der Waals surface area contributed by atoms with Gasteiger partial charge in [-0.15, -0.1) is 0 Å². The van der Waals surface area contributed by atoms with E-state index in [0.717, 1.165) is 25.2 Å². The molecule has 1 aromatic heterocycles. The molecule has 0 aromatic carbocycles. The van der Waals surface area contributed by atoms with Gasteiger partial charge in [-0.1, -0.05) is 0 Å². The number of hydrogen-bond acceptors (Lipinski definition) is 6. The van der Waals surface area contributed by atoms with Crippen molar-refractivity contribution in [3.63, 3.8) is 0 Å². The summed E-state index contributed by atoms with van der Waals surface area (Å²) < 4.78 is 36.1. The highest BCUT2D eigenvalue weighted by Crippen LogP contribution is 2.13. The van der Waals surface area contributed by atoms with E-state index < -0.39 is 26.8 Å². The lowest BCUT2D eigenvalue weighted by Crippen LogP contribution is -2.41. The Morgan fingerprint density at radius 1 is 1.35 bits per heavy atom. The minimum atomic E-state index is -3.81. The molecule has 0 radical (unpaired) electrons. The summed E-state index contributed by atoms with van der Waals surface area (Å²) >= 11 is 0. The summed E-state index contributed by atoms with van der Waals surface area (Å²) in [6.07, 6.45) is 0. The Labute approximate surface area is 116 Å². The molecule has 2 heterocycles. The van der Waals surface area contributed by atoms with Crippen molar-refractivity contribution in [1.82, 2.24) is 9.62 Å². The van der Waals surface area contributed by atoms with E-state index in [-0.39, 0.29) is 6.54 Å². The van der Waals surface area contributed by atoms with Gasteiger partial charge in [0.05, 0.1) is 13.2 Å². The van der Waals surface area contributed by atoms with Crippen LogP contribution >= 0.6 is 0 Å². The van der Waals surface area contributed by atoms with Crippen LogP contribution in [0, 0.1) is 0 Å². The molecule has 8 nitrogen and oxygen atoms in total. The Hall–Kier alpha value is -1.42. The molecule has 2 N–H and O–H groups in total. The summed E-state index contributed by atoms with van der Waals surface area (Å²) in [6.45, 7) is 3.62. The highest BCUT2D eigenvalue weighted by atomic mass is 32.2. The van der Waals surface area contributed by atoms with Crippen LogP contribution in [0.1, 0.15) is 10.6 Å². The van der Waals surface area contributed by atoms with E-state index in [1.54, 1.807) is 0 Å².